The van der Waals surface area contributed by atoms with Gasteiger partial charge in [-0.1, -0.05) is 30.0 Å². The minimum atomic E-state index is -0.00432. The number of hydrogen-bond acceptors (Lipinski definition) is 6. The van der Waals surface area contributed by atoms with Crippen molar-refractivity contribution in [3.8, 4) is 11.8 Å². The molecule has 1 atom stereocenters. The average Bonchev–Trinajstić information content (AvgIpc) is 2.73. The number of nitrogens with zero attached hydrogens (tertiary/aromatic N) is 4. The topological polar surface area (TPSA) is 61.4 Å². The zero-order valence-corrected chi connectivity index (χ0v) is 18.0. The molecule has 0 spiro atoms. The Hall–Kier alpha value is -2.56. The first-order valence-corrected chi connectivity index (χ1v) is 11.0. The highest BCUT2D eigenvalue weighted by molar-refractivity contribution is 7.96. The SMILES string of the molecule is CSN1CCN(c2nccc(C#Cc3ccc(CC(C)NC(C)=O)cc3)n2)CC1. The Morgan fingerprint density at radius 2 is 1.90 bits per heavy atom. The second-order valence-corrected chi connectivity index (χ2v) is 7.97. The van der Waals surface area contributed by atoms with Crippen molar-refractivity contribution < 1.29 is 4.79 Å². The minimum Gasteiger partial charge on any atom is -0.354 e. The number of amides is 1. The molecular formula is C22H27N5OS. The molecule has 3 rings (SSSR count). The van der Waals surface area contributed by atoms with Crippen molar-refractivity contribution in [2.75, 3.05) is 37.3 Å². The van der Waals surface area contributed by atoms with Crippen LogP contribution in [0.2, 0.25) is 0 Å². The predicted octanol–water partition coefficient (Wildman–Crippen LogP) is 2.34. The monoisotopic (exact) mass is 409 g/mol. The first-order valence-electron chi connectivity index (χ1n) is 9.78. The van der Waals surface area contributed by atoms with Crippen LogP contribution in [-0.2, 0) is 11.2 Å². The third-order valence-electron chi connectivity index (χ3n) is 4.70. The number of carbonyl (C=O) groups excluding carboxylic acids is 1. The van der Waals surface area contributed by atoms with Crippen LogP contribution in [-0.4, -0.2) is 58.7 Å². The lowest BCUT2D eigenvalue weighted by atomic mass is 10.1. The number of piperazine rings is 1. The number of carbonyl (C=O) groups is 1. The maximum absolute atomic E-state index is 11.1. The normalized spacial score (nSPS) is 15.3. The lowest BCUT2D eigenvalue weighted by Gasteiger charge is -2.33. The van der Waals surface area contributed by atoms with Gasteiger partial charge in [-0.25, -0.2) is 14.3 Å². The molecule has 0 aliphatic carbocycles. The summed E-state index contributed by atoms with van der Waals surface area (Å²) in [5.41, 5.74) is 2.84. The number of anilines is 1. The number of nitrogens with one attached hydrogen (secondary N) is 1. The molecule has 7 heteroatoms. The molecule has 29 heavy (non-hydrogen) atoms. The van der Waals surface area contributed by atoms with Crippen LogP contribution in [0.25, 0.3) is 0 Å². The maximum atomic E-state index is 11.1. The molecule has 1 aliphatic heterocycles. The molecule has 1 aromatic carbocycles. The number of aromatic nitrogens is 2. The van der Waals surface area contributed by atoms with Crippen LogP contribution in [0.5, 0.6) is 0 Å². The molecule has 152 valence electrons. The Bertz CT molecular complexity index is 882. The largest absolute Gasteiger partial charge is 0.354 e. The molecule has 1 amide bonds. The maximum Gasteiger partial charge on any atom is 0.226 e. The second kappa shape index (κ2) is 10.3. The van der Waals surface area contributed by atoms with Gasteiger partial charge in [0, 0.05) is 50.9 Å². The Morgan fingerprint density at radius 3 is 2.55 bits per heavy atom. The Morgan fingerprint density at radius 1 is 1.17 bits per heavy atom. The molecule has 1 aliphatic rings. The summed E-state index contributed by atoms with van der Waals surface area (Å²) in [7, 11) is 0. The molecule has 1 N–H and O–H groups in total. The molecular weight excluding hydrogens is 382 g/mol. The Labute approximate surface area is 177 Å². The van der Waals surface area contributed by atoms with E-state index in [1.165, 1.54) is 12.5 Å². The molecule has 1 aromatic heterocycles. The van der Waals surface area contributed by atoms with Crippen molar-refractivity contribution in [2.45, 2.75) is 26.3 Å². The van der Waals surface area contributed by atoms with E-state index >= 15 is 0 Å². The Balaban J connectivity index is 1.62. The van der Waals surface area contributed by atoms with E-state index in [0.717, 1.165) is 49.8 Å². The number of rotatable bonds is 5. The van der Waals surface area contributed by atoms with Crippen molar-refractivity contribution in [3.05, 3.63) is 53.3 Å². The third kappa shape index (κ3) is 6.48. The summed E-state index contributed by atoms with van der Waals surface area (Å²) in [6.07, 6.45) is 4.69. The van der Waals surface area contributed by atoms with Crippen molar-refractivity contribution in [2.24, 2.45) is 0 Å². The smallest absolute Gasteiger partial charge is 0.226 e. The summed E-state index contributed by atoms with van der Waals surface area (Å²) in [5.74, 6) is 7.07. The zero-order chi connectivity index (χ0) is 20.6. The molecule has 6 nitrogen and oxygen atoms in total. The van der Waals surface area contributed by atoms with Gasteiger partial charge in [-0.05, 0) is 49.3 Å². The van der Waals surface area contributed by atoms with Crippen LogP contribution in [0, 0.1) is 11.8 Å². The summed E-state index contributed by atoms with van der Waals surface area (Å²) >= 11 is 1.78. The Kier molecular flexibility index (Phi) is 7.50. The first kappa shape index (κ1) is 21.2. The van der Waals surface area contributed by atoms with Gasteiger partial charge in [-0.2, -0.15) is 0 Å². The van der Waals surface area contributed by atoms with Crippen molar-refractivity contribution in [1.82, 2.24) is 19.6 Å². The lowest BCUT2D eigenvalue weighted by molar-refractivity contribution is -0.119. The summed E-state index contributed by atoms with van der Waals surface area (Å²) < 4.78 is 2.35. The van der Waals surface area contributed by atoms with E-state index < -0.39 is 0 Å². The molecule has 0 bridgehead atoms. The van der Waals surface area contributed by atoms with Crippen LogP contribution in [0.15, 0.2) is 36.5 Å². The van der Waals surface area contributed by atoms with Gasteiger partial charge in [0.05, 0.1) is 0 Å². The highest BCUT2D eigenvalue weighted by atomic mass is 32.2. The molecule has 2 aromatic rings. The van der Waals surface area contributed by atoms with E-state index in [1.807, 2.05) is 25.1 Å². The van der Waals surface area contributed by atoms with Gasteiger partial charge in [0.2, 0.25) is 11.9 Å². The van der Waals surface area contributed by atoms with Gasteiger partial charge in [-0.15, -0.1) is 0 Å². The predicted molar refractivity (Wildman–Crippen MR) is 119 cm³/mol. The fourth-order valence-corrected chi connectivity index (χ4v) is 3.78. The van der Waals surface area contributed by atoms with E-state index in [0.29, 0.717) is 0 Å². The van der Waals surface area contributed by atoms with Crippen molar-refractivity contribution in [1.29, 1.82) is 0 Å². The highest BCUT2D eigenvalue weighted by Crippen LogP contribution is 2.15. The third-order valence-corrected chi connectivity index (χ3v) is 5.58. The highest BCUT2D eigenvalue weighted by Gasteiger charge is 2.18. The summed E-state index contributed by atoms with van der Waals surface area (Å²) in [5, 5.41) is 2.90. The van der Waals surface area contributed by atoms with Crippen molar-refractivity contribution in [3.63, 3.8) is 0 Å². The molecule has 0 saturated carbocycles. The van der Waals surface area contributed by atoms with Crippen LogP contribution in [0.4, 0.5) is 5.95 Å². The number of benzene rings is 1. The zero-order valence-electron chi connectivity index (χ0n) is 17.2. The van der Waals surface area contributed by atoms with Gasteiger partial charge >= 0.3 is 0 Å². The van der Waals surface area contributed by atoms with E-state index in [4.69, 9.17) is 0 Å². The van der Waals surface area contributed by atoms with Crippen LogP contribution >= 0.6 is 11.9 Å². The van der Waals surface area contributed by atoms with Gasteiger partial charge < -0.3 is 10.2 Å². The second-order valence-electron chi connectivity index (χ2n) is 7.09. The fraction of sp³-hybridized carbons (Fsp3) is 0.409. The van der Waals surface area contributed by atoms with Crippen LogP contribution < -0.4 is 10.2 Å². The summed E-state index contributed by atoms with van der Waals surface area (Å²) in [6.45, 7) is 7.41. The van der Waals surface area contributed by atoms with Crippen molar-refractivity contribution >= 4 is 23.8 Å². The minimum absolute atomic E-state index is 0.00432. The molecule has 1 unspecified atom stereocenters. The summed E-state index contributed by atoms with van der Waals surface area (Å²) in [6, 6.07) is 10.1. The molecule has 1 saturated heterocycles. The number of hydrogen-bond donors (Lipinski definition) is 1. The lowest BCUT2D eigenvalue weighted by Crippen LogP contribution is -2.44. The fourth-order valence-electron chi connectivity index (χ4n) is 3.25. The van der Waals surface area contributed by atoms with E-state index in [1.54, 1.807) is 18.1 Å². The standard InChI is InChI=1S/C22H27N5OS/c1-17(24-18(2)28)16-20-6-4-19(5-7-20)8-9-21-10-11-23-22(25-21)26-12-14-27(29-3)15-13-26/h4-7,10-11,17H,12-16H2,1-3H3,(H,24,28). The average molecular weight is 410 g/mol. The van der Waals surface area contributed by atoms with Crippen LogP contribution in [0.3, 0.4) is 0 Å². The van der Waals surface area contributed by atoms with Crippen LogP contribution in [0.1, 0.15) is 30.7 Å². The molecule has 1 fully saturated rings. The van der Waals surface area contributed by atoms with Gasteiger partial charge in [0.15, 0.2) is 0 Å². The summed E-state index contributed by atoms with van der Waals surface area (Å²) in [4.78, 5) is 22.4. The van der Waals surface area contributed by atoms with Gasteiger partial charge in [-0.3, -0.25) is 4.79 Å². The van der Waals surface area contributed by atoms with E-state index in [-0.39, 0.29) is 11.9 Å². The van der Waals surface area contributed by atoms with E-state index in [2.05, 4.69) is 54.7 Å². The van der Waals surface area contributed by atoms with E-state index in [9.17, 15) is 4.79 Å². The quantitative estimate of drug-likeness (QED) is 0.604. The van der Waals surface area contributed by atoms with Gasteiger partial charge in [0.25, 0.3) is 0 Å². The first-order chi connectivity index (χ1) is 14.0. The van der Waals surface area contributed by atoms with Gasteiger partial charge in [0.1, 0.15) is 5.69 Å². The molecule has 2 heterocycles. The molecule has 0 radical (unpaired) electrons.